The van der Waals surface area contributed by atoms with Crippen molar-refractivity contribution in [1.82, 2.24) is 9.88 Å². The summed E-state index contributed by atoms with van der Waals surface area (Å²) in [5.41, 5.74) is 23.9. The second-order valence-corrected chi connectivity index (χ2v) is 18.5. The Morgan fingerprint density at radius 1 is 0.683 bits per heavy atom. The molecule has 0 amide bonds. The van der Waals surface area contributed by atoms with Gasteiger partial charge in [0.25, 0.3) is 0 Å². The van der Waals surface area contributed by atoms with E-state index in [0.29, 0.717) is 11.8 Å². The second-order valence-electron chi connectivity index (χ2n) is 18.5. The molecule has 1 N–H and O–H groups in total. The Balaban J connectivity index is 0.923. The Morgan fingerprint density at radius 3 is 2.47 bits per heavy atom. The average Bonchev–Trinajstić information content (AvgIpc) is 3.76. The van der Waals surface area contributed by atoms with Gasteiger partial charge in [0.1, 0.15) is 0 Å². The number of para-hydroxylation sites is 1. The van der Waals surface area contributed by atoms with E-state index in [9.17, 15) is 0 Å². The molecule has 0 saturated carbocycles. The largest absolute Gasteiger partial charge is 0.387 e. The van der Waals surface area contributed by atoms with E-state index in [1.54, 1.807) is 5.57 Å². The van der Waals surface area contributed by atoms with Crippen molar-refractivity contribution in [3.05, 3.63) is 208 Å². The van der Waals surface area contributed by atoms with Crippen LogP contribution >= 0.6 is 0 Å². The second kappa shape index (κ2) is 14.0. The molecule has 60 heavy (non-hydrogen) atoms. The number of hydrogen-bond acceptors (Lipinski definition) is 1. The molecule has 294 valence electrons. The van der Waals surface area contributed by atoms with E-state index in [-0.39, 0.29) is 5.41 Å². The van der Waals surface area contributed by atoms with Crippen molar-refractivity contribution in [1.29, 1.82) is 0 Å². The van der Waals surface area contributed by atoms with Crippen molar-refractivity contribution in [3.63, 3.8) is 0 Å². The van der Waals surface area contributed by atoms with Gasteiger partial charge in [0, 0.05) is 46.5 Å². The maximum Gasteiger partial charge on any atom is 0.0541 e. The van der Waals surface area contributed by atoms with Gasteiger partial charge in [-0.15, -0.1) is 0 Å². The van der Waals surface area contributed by atoms with Gasteiger partial charge < -0.3 is 9.88 Å². The van der Waals surface area contributed by atoms with Gasteiger partial charge in [-0.05, 0) is 160 Å². The number of hydrogen-bond donors (Lipinski definition) is 1. The minimum absolute atomic E-state index is 0.0791. The molecule has 0 spiro atoms. The van der Waals surface area contributed by atoms with Crippen LogP contribution in [0.5, 0.6) is 0 Å². The minimum atomic E-state index is 0.0791. The van der Waals surface area contributed by atoms with Gasteiger partial charge in [-0.25, -0.2) is 0 Å². The Kier molecular flexibility index (Phi) is 8.34. The monoisotopic (exact) mass is 776 g/mol. The number of nitrogens with zero attached hydrogens (tertiary/aromatic N) is 1. The van der Waals surface area contributed by atoms with Crippen molar-refractivity contribution >= 4 is 44.1 Å². The Morgan fingerprint density at radius 2 is 1.57 bits per heavy atom. The molecule has 2 heterocycles. The number of dihydropyridines is 1. The predicted molar refractivity (Wildman–Crippen MR) is 253 cm³/mol. The molecule has 0 fully saturated rings. The lowest BCUT2D eigenvalue weighted by Crippen LogP contribution is -2.17. The fraction of sp³-hybridized carbons (Fsp3) is 0.241. The van der Waals surface area contributed by atoms with E-state index in [1.807, 2.05) is 0 Å². The smallest absolute Gasteiger partial charge is 0.0541 e. The van der Waals surface area contributed by atoms with Crippen LogP contribution in [0.3, 0.4) is 0 Å². The number of nitrogens with one attached hydrogen (secondary N) is 1. The van der Waals surface area contributed by atoms with E-state index in [1.165, 1.54) is 126 Å². The third-order valence-electron chi connectivity index (χ3n) is 14.8. The Hall–Kier alpha value is -6.12. The molecule has 2 heteroatoms. The molecule has 5 aromatic carbocycles. The third-order valence-corrected chi connectivity index (χ3v) is 14.8. The van der Waals surface area contributed by atoms with Crippen LogP contribution in [-0.2, 0) is 5.41 Å². The van der Waals surface area contributed by atoms with Crippen molar-refractivity contribution < 1.29 is 0 Å². The summed E-state index contributed by atoms with van der Waals surface area (Å²) in [6.45, 7) is 5.71. The molecule has 0 bridgehead atoms. The summed E-state index contributed by atoms with van der Waals surface area (Å²) < 4.78 is 2.50. The fourth-order valence-corrected chi connectivity index (χ4v) is 11.7. The van der Waals surface area contributed by atoms with Gasteiger partial charge in [0.2, 0.25) is 0 Å². The lowest BCUT2D eigenvalue weighted by atomic mass is 9.70. The summed E-state index contributed by atoms with van der Waals surface area (Å²) in [5.74, 6) is 0.631. The fourth-order valence-electron chi connectivity index (χ4n) is 11.7. The zero-order valence-corrected chi connectivity index (χ0v) is 34.9. The molecule has 0 radical (unpaired) electrons. The summed E-state index contributed by atoms with van der Waals surface area (Å²) in [4.78, 5) is 0. The number of rotatable bonds is 5. The maximum absolute atomic E-state index is 3.46. The van der Waals surface area contributed by atoms with Gasteiger partial charge in [-0.1, -0.05) is 129 Å². The number of aromatic nitrogens is 1. The number of allylic oxidation sites excluding steroid dienone is 12. The van der Waals surface area contributed by atoms with Crippen molar-refractivity contribution in [2.45, 2.75) is 82.5 Å². The zero-order valence-electron chi connectivity index (χ0n) is 34.9. The highest BCUT2D eigenvalue weighted by molar-refractivity contribution is 6.09. The zero-order chi connectivity index (χ0) is 40.0. The van der Waals surface area contributed by atoms with E-state index in [0.717, 1.165) is 32.2 Å². The van der Waals surface area contributed by atoms with Gasteiger partial charge in [-0.2, -0.15) is 0 Å². The lowest BCUT2D eigenvalue weighted by Gasteiger charge is -2.34. The molecule has 2 unspecified atom stereocenters. The minimum Gasteiger partial charge on any atom is -0.387 e. The Labute approximate surface area is 354 Å². The molecule has 0 saturated heterocycles. The van der Waals surface area contributed by atoms with Crippen LogP contribution in [0.1, 0.15) is 122 Å². The molecule has 6 aliphatic rings. The summed E-state index contributed by atoms with van der Waals surface area (Å²) in [6, 6.07) is 40.3. The lowest BCUT2D eigenvalue weighted by molar-refractivity contribution is 0.607. The van der Waals surface area contributed by atoms with E-state index in [2.05, 4.69) is 176 Å². The van der Waals surface area contributed by atoms with Crippen LogP contribution in [-0.4, -0.2) is 11.1 Å². The summed E-state index contributed by atoms with van der Waals surface area (Å²) in [7, 11) is 0. The van der Waals surface area contributed by atoms with Crippen molar-refractivity contribution in [3.8, 4) is 5.69 Å². The average molecular weight is 777 g/mol. The van der Waals surface area contributed by atoms with Crippen LogP contribution in [0.15, 0.2) is 163 Å². The first-order valence-corrected chi connectivity index (χ1v) is 22.5. The first kappa shape index (κ1) is 35.8. The highest BCUT2D eigenvalue weighted by Crippen LogP contribution is 2.52. The Bertz CT molecular complexity index is 3020. The quantitative estimate of drug-likeness (QED) is 0.185. The van der Waals surface area contributed by atoms with Crippen molar-refractivity contribution in [2.24, 2.45) is 0 Å². The molecule has 2 nitrogen and oxygen atoms in total. The van der Waals surface area contributed by atoms with Gasteiger partial charge in [-0.3, -0.25) is 0 Å². The molecule has 2 atom stereocenters. The van der Waals surface area contributed by atoms with E-state index in [4.69, 9.17) is 0 Å². The third kappa shape index (κ3) is 5.67. The molecular formula is C58H52N2. The molecule has 12 rings (SSSR count). The van der Waals surface area contributed by atoms with Crippen LogP contribution in [0, 0.1) is 0 Å². The van der Waals surface area contributed by atoms with Gasteiger partial charge >= 0.3 is 0 Å². The number of fused-ring (bicyclic) bond motifs is 8. The predicted octanol–water partition coefficient (Wildman–Crippen LogP) is 14.7. The maximum atomic E-state index is 3.46. The number of benzene rings is 5. The molecular weight excluding hydrogens is 725 g/mol. The normalized spacial score (nSPS) is 21.4. The van der Waals surface area contributed by atoms with Crippen LogP contribution in [0.25, 0.3) is 49.8 Å². The SMILES string of the molecule is CC1(C)C2=C(C=CCC2)c2cc(-n3c4ccccc4c4cc(C5C=C6C(=CC5)CC(c5cc(C7=CNCC=C7)cc(C7=CCCCC7)c5)c5ccccc56)ccc43)ccc21. The topological polar surface area (TPSA) is 17.0 Å². The van der Waals surface area contributed by atoms with Gasteiger partial charge in [0.05, 0.1) is 11.0 Å². The standard InChI is InChI=1S/C58H52N2/c1-58(2)54-20-10-8-18-48(54)52-35-45(25-26-55(52)58)60-56-21-11-9-19-49(56)53-33-39(24-27-57(53)60)38-22-23-40-34-51(47-17-7-6-16-46(47)50(40)32-38)44-30-42(37-13-4-3-5-14-37)29-43(31-44)41-15-12-28-59-36-41/h6-9,11-13,15-19,21,23-27,29-33,35-36,38,51,59H,3-5,10,14,20,22,28,34H2,1-2H3. The van der Waals surface area contributed by atoms with E-state index < -0.39 is 0 Å². The molecule has 1 aliphatic heterocycles. The van der Waals surface area contributed by atoms with Crippen molar-refractivity contribution in [2.75, 3.05) is 6.54 Å². The highest BCUT2D eigenvalue weighted by Gasteiger charge is 2.37. The summed E-state index contributed by atoms with van der Waals surface area (Å²) in [5, 5.41) is 6.12. The van der Waals surface area contributed by atoms with E-state index >= 15 is 0 Å². The summed E-state index contributed by atoms with van der Waals surface area (Å²) >= 11 is 0. The van der Waals surface area contributed by atoms with Crippen LogP contribution in [0.2, 0.25) is 0 Å². The van der Waals surface area contributed by atoms with Crippen LogP contribution < -0.4 is 5.32 Å². The first-order chi connectivity index (χ1) is 29.5. The van der Waals surface area contributed by atoms with Crippen LogP contribution in [0.4, 0.5) is 0 Å². The summed E-state index contributed by atoms with van der Waals surface area (Å²) in [6.07, 6.45) is 28.4. The van der Waals surface area contributed by atoms with Gasteiger partial charge in [0.15, 0.2) is 0 Å². The first-order valence-electron chi connectivity index (χ1n) is 22.5. The highest BCUT2D eigenvalue weighted by atomic mass is 15.0. The molecule has 5 aliphatic carbocycles. The molecule has 1 aromatic heterocycles. The molecule has 6 aromatic rings.